The average Bonchev–Trinajstić information content (AvgIpc) is 2.55. The summed E-state index contributed by atoms with van der Waals surface area (Å²) in [5.41, 5.74) is 2.99. The molecule has 0 amide bonds. The summed E-state index contributed by atoms with van der Waals surface area (Å²) in [6, 6.07) is 11.3. The molecular formula is C17H18Cl3NO. The molecule has 1 aliphatic heterocycles. The van der Waals surface area contributed by atoms with Crippen LogP contribution in [0.4, 0.5) is 0 Å². The normalized spacial score (nSPS) is 20.1. The summed E-state index contributed by atoms with van der Waals surface area (Å²) in [4.78, 5) is 1.50. The van der Waals surface area contributed by atoms with Crippen LogP contribution in [0.15, 0.2) is 36.4 Å². The summed E-state index contributed by atoms with van der Waals surface area (Å²) in [5, 5.41) is 0.953. The first-order valence-electron chi connectivity index (χ1n) is 8.16. The van der Waals surface area contributed by atoms with E-state index in [1.54, 1.807) is 13.2 Å². The number of methoxy groups -OCH3 is 1. The fraction of sp³-hybridized carbons (Fsp3) is 0.294. The molecule has 0 saturated carbocycles. The van der Waals surface area contributed by atoms with Crippen molar-refractivity contribution in [2.75, 3.05) is 20.6 Å². The predicted molar refractivity (Wildman–Crippen MR) is 94.9 cm³/mol. The second kappa shape index (κ2) is 7.10. The van der Waals surface area contributed by atoms with E-state index in [1.165, 1.54) is 4.90 Å². The van der Waals surface area contributed by atoms with Gasteiger partial charge < -0.3 is 9.64 Å². The molecule has 0 saturated heterocycles. The summed E-state index contributed by atoms with van der Waals surface area (Å²) >= 11 is 12.2. The zero-order chi connectivity index (χ0) is 17.5. The molecule has 0 aliphatic carbocycles. The van der Waals surface area contributed by atoms with E-state index in [0.29, 0.717) is 28.9 Å². The van der Waals surface area contributed by atoms with Gasteiger partial charge in [0.2, 0.25) is 0 Å². The minimum absolute atomic E-state index is 0. The molecule has 1 heterocycles. The van der Waals surface area contributed by atoms with Gasteiger partial charge >= 0.3 is 0 Å². The Morgan fingerprint density at radius 1 is 1.18 bits per heavy atom. The van der Waals surface area contributed by atoms with Gasteiger partial charge in [-0.2, -0.15) is 0 Å². The smallest absolute Gasteiger partial charge is 0.119 e. The SMILES string of the molecule is Cl.[2H]C([2H])([2H])N1Cc2cc(OC)ccc2C(c2ccc(Cl)c(Cl)c2)C1. The second-order valence-electron chi connectivity index (χ2n) is 5.17. The van der Waals surface area contributed by atoms with E-state index in [2.05, 4.69) is 0 Å². The van der Waals surface area contributed by atoms with Gasteiger partial charge in [-0.3, -0.25) is 0 Å². The number of fused-ring (bicyclic) bond motifs is 1. The Balaban J connectivity index is 0.00000225. The highest BCUT2D eigenvalue weighted by Crippen LogP contribution is 2.36. The number of ether oxygens (including phenoxy) is 1. The Hall–Kier alpha value is -0.930. The van der Waals surface area contributed by atoms with Crippen LogP contribution in [-0.2, 0) is 6.54 Å². The minimum atomic E-state index is -2.16. The number of benzene rings is 2. The molecule has 1 aliphatic rings. The molecule has 3 rings (SSSR count). The van der Waals surface area contributed by atoms with Crippen molar-refractivity contribution >= 4 is 35.6 Å². The molecule has 22 heavy (non-hydrogen) atoms. The van der Waals surface area contributed by atoms with E-state index in [-0.39, 0.29) is 18.3 Å². The molecule has 0 bridgehead atoms. The Labute approximate surface area is 151 Å². The van der Waals surface area contributed by atoms with Crippen LogP contribution < -0.4 is 4.74 Å². The lowest BCUT2D eigenvalue weighted by Gasteiger charge is -2.33. The van der Waals surface area contributed by atoms with Crippen LogP contribution in [0.1, 0.15) is 26.7 Å². The largest absolute Gasteiger partial charge is 0.497 e. The number of halogens is 3. The fourth-order valence-corrected chi connectivity index (χ4v) is 3.10. The highest BCUT2D eigenvalue weighted by Gasteiger charge is 2.25. The zero-order valence-electron chi connectivity index (χ0n) is 15.0. The predicted octanol–water partition coefficient (Wildman–Crippen LogP) is 5.00. The first-order valence-corrected chi connectivity index (χ1v) is 7.42. The van der Waals surface area contributed by atoms with Crippen molar-refractivity contribution in [2.24, 2.45) is 0 Å². The van der Waals surface area contributed by atoms with Gasteiger partial charge in [-0.1, -0.05) is 35.3 Å². The monoisotopic (exact) mass is 360 g/mol. The van der Waals surface area contributed by atoms with Crippen LogP contribution in [0.25, 0.3) is 0 Å². The molecular weight excluding hydrogens is 341 g/mol. The van der Waals surface area contributed by atoms with Crippen molar-refractivity contribution < 1.29 is 8.85 Å². The Morgan fingerprint density at radius 2 is 2.00 bits per heavy atom. The topological polar surface area (TPSA) is 12.5 Å². The first kappa shape index (κ1) is 13.5. The van der Waals surface area contributed by atoms with Gasteiger partial charge in [0.25, 0.3) is 0 Å². The van der Waals surface area contributed by atoms with Crippen LogP contribution >= 0.6 is 35.6 Å². The number of hydrogen-bond donors (Lipinski definition) is 0. The van der Waals surface area contributed by atoms with Crippen LogP contribution in [0.5, 0.6) is 5.75 Å². The highest BCUT2D eigenvalue weighted by molar-refractivity contribution is 6.42. The Bertz CT molecular complexity index is 767. The second-order valence-corrected chi connectivity index (χ2v) is 5.99. The minimum Gasteiger partial charge on any atom is -0.497 e. The molecule has 0 N–H and O–H groups in total. The van der Waals surface area contributed by atoms with Gasteiger partial charge in [0.05, 0.1) is 17.2 Å². The molecule has 5 heteroatoms. The van der Waals surface area contributed by atoms with Gasteiger partial charge in [-0.05, 0) is 47.9 Å². The maximum absolute atomic E-state index is 7.78. The third kappa shape index (κ3) is 3.36. The standard InChI is InChI=1S/C17H17Cl2NO.ClH/c1-20-9-12-7-13(21-2)4-5-14(12)15(10-20)11-3-6-16(18)17(19)8-11;/h3-8,15H,9-10H2,1-2H3;1H/i1D3;. The average molecular weight is 362 g/mol. The van der Waals surface area contributed by atoms with Gasteiger partial charge in [-0.25, -0.2) is 0 Å². The zero-order valence-corrected chi connectivity index (χ0v) is 14.3. The molecule has 2 aromatic rings. The summed E-state index contributed by atoms with van der Waals surface area (Å²) in [7, 11) is 1.60. The quantitative estimate of drug-likeness (QED) is 0.746. The lowest BCUT2D eigenvalue weighted by atomic mass is 9.85. The van der Waals surface area contributed by atoms with E-state index in [0.717, 1.165) is 16.7 Å². The van der Waals surface area contributed by atoms with E-state index in [4.69, 9.17) is 32.1 Å². The third-order valence-electron chi connectivity index (χ3n) is 3.84. The van der Waals surface area contributed by atoms with Crippen molar-refractivity contribution in [3.63, 3.8) is 0 Å². The Kier molecular flexibility index (Phi) is 4.36. The van der Waals surface area contributed by atoms with Crippen molar-refractivity contribution in [3.05, 3.63) is 63.1 Å². The lowest BCUT2D eigenvalue weighted by Crippen LogP contribution is -2.31. The van der Waals surface area contributed by atoms with Gasteiger partial charge in [0, 0.05) is 23.1 Å². The Morgan fingerprint density at radius 3 is 2.68 bits per heavy atom. The van der Waals surface area contributed by atoms with Gasteiger partial charge in [0.1, 0.15) is 5.75 Å². The van der Waals surface area contributed by atoms with E-state index >= 15 is 0 Å². The molecule has 1 atom stereocenters. The van der Waals surface area contributed by atoms with Crippen molar-refractivity contribution in [1.29, 1.82) is 0 Å². The number of hydrogen-bond acceptors (Lipinski definition) is 2. The third-order valence-corrected chi connectivity index (χ3v) is 4.57. The van der Waals surface area contributed by atoms with E-state index < -0.39 is 6.98 Å². The number of rotatable bonds is 2. The first-order chi connectivity index (χ1) is 11.3. The molecule has 0 radical (unpaired) electrons. The van der Waals surface area contributed by atoms with Crippen LogP contribution in [-0.4, -0.2) is 25.5 Å². The highest BCUT2D eigenvalue weighted by atomic mass is 35.5. The summed E-state index contributed by atoms with van der Waals surface area (Å²) in [6.07, 6.45) is 0. The van der Waals surface area contributed by atoms with Gasteiger partial charge in [-0.15, -0.1) is 12.4 Å². The molecule has 2 nitrogen and oxygen atoms in total. The van der Waals surface area contributed by atoms with Crippen molar-refractivity contribution in [1.82, 2.24) is 4.90 Å². The van der Waals surface area contributed by atoms with Crippen molar-refractivity contribution in [3.8, 4) is 5.75 Å². The molecule has 0 spiro atoms. The summed E-state index contributed by atoms with van der Waals surface area (Å²) in [5.74, 6) is 0.629. The molecule has 0 fully saturated rings. The summed E-state index contributed by atoms with van der Waals surface area (Å²) < 4.78 is 28.6. The molecule has 1 unspecified atom stereocenters. The van der Waals surface area contributed by atoms with Crippen molar-refractivity contribution in [2.45, 2.75) is 12.5 Å². The summed E-state index contributed by atoms with van der Waals surface area (Å²) in [6.45, 7) is -1.40. The van der Waals surface area contributed by atoms with Crippen LogP contribution in [0.2, 0.25) is 10.0 Å². The van der Waals surface area contributed by atoms with E-state index in [1.807, 2.05) is 30.3 Å². The maximum atomic E-state index is 7.78. The van der Waals surface area contributed by atoms with Gasteiger partial charge in [0.15, 0.2) is 0 Å². The lowest BCUT2D eigenvalue weighted by molar-refractivity contribution is 0.294. The number of likely N-dealkylation sites (N-methyl/N-ethyl adjacent to an activating group) is 1. The molecule has 0 aromatic heterocycles. The van der Waals surface area contributed by atoms with E-state index in [9.17, 15) is 0 Å². The fourth-order valence-electron chi connectivity index (χ4n) is 2.79. The molecule has 2 aromatic carbocycles. The van der Waals surface area contributed by atoms with Crippen LogP contribution in [0.3, 0.4) is 0 Å². The number of nitrogens with zero attached hydrogens (tertiary/aromatic N) is 1. The maximum Gasteiger partial charge on any atom is 0.119 e. The van der Waals surface area contributed by atoms with Crippen LogP contribution in [0, 0.1) is 0 Å². The molecule has 118 valence electrons.